The predicted molar refractivity (Wildman–Crippen MR) is 70.0 cm³/mol. The first-order valence-corrected chi connectivity index (χ1v) is 5.93. The largest absolute Gasteiger partial charge is 0.491 e. The molecule has 0 aromatic heterocycles. The molecule has 0 atom stereocenters. The van der Waals surface area contributed by atoms with E-state index in [1.54, 1.807) is 24.3 Å². The topological polar surface area (TPSA) is 80.0 Å². The highest BCUT2D eigenvalue weighted by Gasteiger charge is 1.99. The molecule has 19 heavy (non-hydrogen) atoms. The van der Waals surface area contributed by atoms with Crippen LogP contribution in [0.1, 0.15) is 0 Å². The number of anilines is 1. The minimum atomic E-state index is -0.397. The number of hydrogen-bond donors (Lipinski definition) is 1. The standard InChI is InChI=1S/C13H19NO5/c1-16-13(15)10-18-7-6-17-8-9-19-12-4-2-11(14)3-5-12/h2-5H,6-10,14H2,1H3. The Bertz CT molecular complexity index is 366. The number of nitrogens with two attached hydrogens (primary N) is 1. The maximum absolute atomic E-state index is 10.7. The lowest BCUT2D eigenvalue weighted by Gasteiger charge is -2.07. The minimum absolute atomic E-state index is 0.0538. The van der Waals surface area contributed by atoms with E-state index in [0.29, 0.717) is 32.1 Å². The molecule has 0 unspecified atom stereocenters. The highest BCUT2D eigenvalue weighted by molar-refractivity contribution is 5.70. The third-order valence-corrected chi connectivity index (χ3v) is 2.20. The van der Waals surface area contributed by atoms with Crippen molar-refractivity contribution in [3.63, 3.8) is 0 Å². The molecule has 1 rings (SSSR count). The summed E-state index contributed by atoms with van der Waals surface area (Å²) in [6.07, 6.45) is 0. The normalized spacial score (nSPS) is 10.2. The first-order valence-electron chi connectivity index (χ1n) is 5.93. The van der Waals surface area contributed by atoms with Crippen molar-refractivity contribution in [2.45, 2.75) is 0 Å². The third kappa shape index (κ3) is 7.28. The summed E-state index contributed by atoms with van der Waals surface area (Å²) in [5.74, 6) is 0.353. The van der Waals surface area contributed by atoms with Crippen molar-refractivity contribution in [3.05, 3.63) is 24.3 Å². The van der Waals surface area contributed by atoms with Gasteiger partial charge in [0.05, 0.1) is 26.9 Å². The van der Waals surface area contributed by atoms with E-state index in [0.717, 1.165) is 5.75 Å². The highest BCUT2D eigenvalue weighted by atomic mass is 16.6. The van der Waals surface area contributed by atoms with Gasteiger partial charge in [0.1, 0.15) is 19.0 Å². The van der Waals surface area contributed by atoms with Crippen molar-refractivity contribution in [2.75, 3.05) is 45.9 Å². The predicted octanol–water partition coefficient (Wildman–Crippen LogP) is 0.854. The second-order valence-corrected chi connectivity index (χ2v) is 3.66. The molecule has 0 saturated heterocycles. The van der Waals surface area contributed by atoms with Crippen LogP contribution in [0.3, 0.4) is 0 Å². The van der Waals surface area contributed by atoms with Gasteiger partial charge in [-0.05, 0) is 24.3 Å². The van der Waals surface area contributed by atoms with Crippen molar-refractivity contribution in [3.8, 4) is 5.75 Å². The number of benzene rings is 1. The summed E-state index contributed by atoms with van der Waals surface area (Å²) in [5, 5.41) is 0. The van der Waals surface area contributed by atoms with Crippen LogP contribution in [0.5, 0.6) is 5.75 Å². The van der Waals surface area contributed by atoms with E-state index < -0.39 is 5.97 Å². The molecule has 106 valence electrons. The van der Waals surface area contributed by atoms with Gasteiger partial charge in [-0.2, -0.15) is 0 Å². The Morgan fingerprint density at radius 3 is 2.37 bits per heavy atom. The molecule has 2 N–H and O–H groups in total. The molecule has 0 saturated carbocycles. The van der Waals surface area contributed by atoms with Gasteiger partial charge in [-0.3, -0.25) is 0 Å². The van der Waals surface area contributed by atoms with E-state index in [1.807, 2.05) is 0 Å². The van der Waals surface area contributed by atoms with E-state index in [-0.39, 0.29) is 6.61 Å². The molecule has 0 aliphatic rings. The monoisotopic (exact) mass is 269 g/mol. The summed E-state index contributed by atoms with van der Waals surface area (Å²) >= 11 is 0. The molecule has 0 aliphatic carbocycles. The number of carbonyl (C=O) groups excluding carboxylic acids is 1. The van der Waals surface area contributed by atoms with Crippen LogP contribution >= 0.6 is 0 Å². The van der Waals surface area contributed by atoms with E-state index in [9.17, 15) is 4.79 Å². The number of ether oxygens (including phenoxy) is 4. The average Bonchev–Trinajstić information content (AvgIpc) is 2.43. The van der Waals surface area contributed by atoms with E-state index in [1.165, 1.54) is 7.11 Å². The Morgan fingerprint density at radius 2 is 1.68 bits per heavy atom. The Balaban J connectivity index is 1.94. The fourth-order valence-electron chi connectivity index (χ4n) is 1.22. The lowest BCUT2D eigenvalue weighted by Crippen LogP contribution is -2.15. The number of carbonyl (C=O) groups is 1. The first-order chi connectivity index (χ1) is 9.22. The van der Waals surface area contributed by atoms with E-state index >= 15 is 0 Å². The summed E-state index contributed by atoms with van der Waals surface area (Å²) in [6, 6.07) is 7.15. The SMILES string of the molecule is COC(=O)COCCOCCOc1ccc(N)cc1. The number of rotatable bonds is 9. The van der Waals surface area contributed by atoms with E-state index in [4.69, 9.17) is 19.9 Å². The van der Waals surface area contributed by atoms with Crippen LogP contribution in [0.25, 0.3) is 0 Å². The van der Waals surface area contributed by atoms with Crippen LogP contribution in [0.4, 0.5) is 5.69 Å². The van der Waals surface area contributed by atoms with E-state index in [2.05, 4.69) is 4.74 Å². The van der Waals surface area contributed by atoms with Crippen LogP contribution in [-0.2, 0) is 19.0 Å². The maximum atomic E-state index is 10.7. The molecular formula is C13H19NO5. The molecule has 6 nitrogen and oxygen atoms in total. The molecule has 0 heterocycles. The van der Waals surface area contributed by atoms with Gasteiger partial charge in [0.15, 0.2) is 0 Å². The van der Waals surface area contributed by atoms with Gasteiger partial charge in [0, 0.05) is 5.69 Å². The summed E-state index contributed by atoms with van der Waals surface area (Å²) in [4.78, 5) is 10.7. The second-order valence-electron chi connectivity index (χ2n) is 3.66. The number of esters is 1. The van der Waals surface area contributed by atoms with Gasteiger partial charge >= 0.3 is 5.97 Å². The molecule has 1 aromatic carbocycles. The second kappa shape index (κ2) is 9.18. The Labute approximate surface area is 112 Å². The first kappa shape index (κ1) is 15.3. The molecule has 0 aliphatic heterocycles. The molecule has 0 bridgehead atoms. The molecule has 0 amide bonds. The number of nitrogen functional groups attached to an aromatic ring is 1. The quantitative estimate of drug-likeness (QED) is 0.407. The van der Waals surface area contributed by atoms with Crippen molar-refractivity contribution < 1.29 is 23.7 Å². The molecule has 0 spiro atoms. The van der Waals surface area contributed by atoms with Crippen LogP contribution in [0, 0.1) is 0 Å². The lowest BCUT2D eigenvalue weighted by atomic mass is 10.3. The third-order valence-electron chi connectivity index (χ3n) is 2.20. The van der Waals surface area contributed by atoms with Gasteiger partial charge in [-0.15, -0.1) is 0 Å². The van der Waals surface area contributed by atoms with Crippen LogP contribution in [0.15, 0.2) is 24.3 Å². The summed E-state index contributed by atoms with van der Waals surface area (Å²) in [7, 11) is 1.32. The Hall–Kier alpha value is -1.79. The van der Waals surface area contributed by atoms with Crippen molar-refractivity contribution in [1.29, 1.82) is 0 Å². The summed E-state index contributed by atoms with van der Waals surface area (Å²) in [5.41, 5.74) is 6.25. The smallest absolute Gasteiger partial charge is 0.331 e. The zero-order valence-electron chi connectivity index (χ0n) is 11.0. The van der Waals surface area contributed by atoms with Crippen LogP contribution in [0.2, 0.25) is 0 Å². The number of hydrogen-bond acceptors (Lipinski definition) is 6. The van der Waals surface area contributed by atoms with Gasteiger partial charge in [0.2, 0.25) is 0 Å². The summed E-state index contributed by atoms with van der Waals surface area (Å²) < 4.78 is 20.1. The Morgan fingerprint density at radius 1 is 1.05 bits per heavy atom. The Kier molecular flexibility index (Phi) is 7.38. The molecule has 6 heteroatoms. The van der Waals surface area contributed by atoms with Gasteiger partial charge < -0.3 is 24.7 Å². The van der Waals surface area contributed by atoms with Gasteiger partial charge in [-0.1, -0.05) is 0 Å². The highest BCUT2D eigenvalue weighted by Crippen LogP contribution is 2.12. The van der Waals surface area contributed by atoms with Crippen molar-refractivity contribution in [2.24, 2.45) is 0 Å². The van der Waals surface area contributed by atoms with Crippen molar-refractivity contribution >= 4 is 11.7 Å². The minimum Gasteiger partial charge on any atom is -0.491 e. The number of methoxy groups -OCH3 is 1. The molecular weight excluding hydrogens is 250 g/mol. The summed E-state index contributed by atoms with van der Waals surface area (Å²) in [6.45, 7) is 1.59. The zero-order valence-corrected chi connectivity index (χ0v) is 11.0. The maximum Gasteiger partial charge on any atom is 0.331 e. The zero-order chi connectivity index (χ0) is 13.9. The lowest BCUT2D eigenvalue weighted by molar-refractivity contribution is -0.146. The average molecular weight is 269 g/mol. The molecule has 0 radical (unpaired) electrons. The van der Waals surface area contributed by atoms with Crippen molar-refractivity contribution in [1.82, 2.24) is 0 Å². The molecule has 0 fully saturated rings. The van der Waals surface area contributed by atoms with Crippen LogP contribution in [-0.4, -0.2) is 46.1 Å². The molecule has 1 aromatic rings. The van der Waals surface area contributed by atoms with Crippen LogP contribution < -0.4 is 10.5 Å². The van der Waals surface area contributed by atoms with Gasteiger partial charge in [-0.25, -0.2) is 4.79 Å². The van der Waals surface area contributed by atoms with Gasteiger partial charge in [0.25, 0.3) is 0 Å². The fourth-order valence-corrected chi connectivity index (χ4v) is 1.22. The fraction of sp³-hybridized carbons (Fsp3) is 0.462.